The van der Waals surface area contributed by atoms with E-state index in [2.05, 4.69) is 35.8 Å². The molecule has 0 amide bonds. The van der Waals surface area contributed by atoms with Crippen LogP contribution in [0.15, 0.2) is 0 Å². The molecule has 0 atom stereocenters. The minimum Gasteiger partial charge on any atom is -0.308 e. The first kappa shape index (κ1) is 26.3. The summed E-state index contributed by atoms with van der Waals surface area (Å²) in [5.74, 6) is 0.926. The van der Waals surface area contributed by atoms with Crippen molar-refractivity contribution in [2.24, 2.45) is 0 Å². The molecule has 0 spiro atoms. The maximum Gasteiger partial charge on any atom is 0.133 e. The Bertz CT molecular complexity index is 441. The first-order chi connectivity index (χ1) is 14.0. The van der Waals surface area contributed by atoms with Crippen LogP contribution < -0.4 is 0 Å². The lowest BCUT2D eigenvalue weighted by atomic mass is 9.92. The van der Waals surface area contributed by atoms with E-state index in [1.54, 1.807) is 0 Å². The Balaban J connectivity index is 0.000000268. The number of piperidine rings is 1. The summed E-state index contributed by atoms with van der Waals surface area (Å²) in [6.07, 6.45) is 11.7. The van der Waals surface area contributed by atoms with E-state index in [1.807, 2.05) is 13.8 Å². The van der Waals surface area contributed by atoms with Crippen molar-refractivity contribution in [1.82, 2.24) is 14.7 Å². The van der Waals surface area contributed by atoms with Gasteiger partial charge in [-0.1, -0.05) is 20.3 Å². The maximum atomic E-state index is 11.1. The minimum atomic E-state index is 0.447. The van der Waals surface area contributed by atoms with Crippen LogP contribution >= 0.6 is 0 Å². The molecule has 5 nitrogen and oxygen atoms in total. The number of hydrogen-bond donors (Lipinski definition) is 0. The van der Waals surface area contributed by atoms with Gasteiger partial charge in [-0.2, -0.15) is 0 Å². The lowest BCUT2D eigenvalue weighted by Gasteiger charge is -2.36. The molecule has 3 aliphatic rings. The van der Waals surface area contributed by atoms with Crippen molar-refractivity contribution in [3.05, 3.63) is 0 Å². The number of rotatable bonds is 5. The maximum absolute atomic E-state index is 11.1. The van der Waals surface area contributed by atoms with Crippen molar-refractivity contribution in [3.8, 4) is 0 Å². The highest BCUT2D eigenvalue weighted by atomic mass is 16.1. The van der Waals surface area contributed by atoms with E-state index in [0.29, 0.717) is 17.6 Å². The van der Waals surface area contributed by atoms with E-state index < -0.39 is 0 Å². The van der Waals surface area contributed by atoms with Crippen molar-refractivity contribution < 1.29 is 9.59 Å². The summed E-state index contributed by atoms with van der Waals surface area (Å²) >= 11 is 0. The smallest absolute Gasteiger partial charge is 0.133 e. The lowest BCUT2D eigenvalue weighted by Crippen LogP contribution is -2.41. The summed E-state index contributed by atoms with van der Waals surface area (Å²) in [5, 5.41) is 0. The van der Waals surface area contributed by atoms with Crippen LogP contribution in [-0.4, -0.2) is 85.7 Å². The SMILES string of the molecule is CC.CN(C)CCN(C)C1CCC(=O)CC1.O=C1CCC(N2CCCCC2)CC1. The summed E-state index contributed by atoms with van der Waals surface area (Å²) in [6.45, 7) is 8.75. The van der Waals surface area contributed by atoms with E-state index in [0.717, 1.165) is 70.5 Å². The Kier molecular flexibility index (Phi) is 13.7. The van der Waals surface area contributed by atoms with Gasteiger partial charge in [0.2, 0.25) is 0 Å². The minimum absolute atomic E-state index is 0.447. The van der Waals surface area contributed by atoms with Gasteiger partial charge in [0.15, 0.2) is 0 Å². The molecule has 5 heteroatoms. The van der Waals surface area contributed by atoms with Crippen LogP contribution in [0.2, 0.25) is 0 Å². The van der Waals surface area contributed by atoms with E-state index in [-0.39, 0.29) is 0 Å². The third kappa shape index (κ3) is 10.7. The van der Waals surface area contributed by atoms with Crippen molar-refractivity contribution in [3.63, 3.8) is 0 Å². The van der Waals surface area contributed by atoms with Gasteiger partial charge in [-0.3, -0.25) is 9.59 Å². The second-order valence-corrected chi connectivity index (χ2v) is 8.92. The third-order valence-corrected chi connectivity index (χ3v) is 6.46. The predicted molar refractivity (Wildman–Crippen MR) is 122 cm³/mol. The summed E-state index contributed by atoms with van der Waals surface area (Å²) in [7, 11) is 6.36. The Morgan fingerprint density at radius 3 is 1.72 bits per heavy atom. The molecule has 2 aliphatic carbocycles. The van der Waals surface area contributed by atoms with Gasteiger partial charge < -0.3 is 14.7 Å². The van der Waals surface area contributed by atoms with Gasteiger partial charge in [0.1, 0.15) is 11.6 Å². The molecule has 0 N–H and O–H groups in total. The Morgan fingerprint density at radius 1 is 0.759 bits per heavy atom. The van der Waals surface area contributed by atoms with Gasteiger partial charge in [0, 0.05) is 50.9 Å². The van der Waals surface area contributed by atoms with Crippen LogP contribution in [0.5, 0.6) is 0 Å². The van der Waals surface area contributed by atoms with Crippen molar-refractivity contribution >= 4 is 11.6 Å². The zero-order valence-electron chi connectivity index (χ0n) is 19.9. The van der Waals surface area contributed by atoms with E-state index in [4.69, 9.17) is 0 Å². The van der Waals surface area contributed by atoms with E-state index >= 15 is 0 Å². The molecule has 1 heterocycles. The number of carbonyl (C=O) groups excluding carboxylic acids is 2. The molecule has 29 heavy (non-hydrogen) atoms. The van der Waals surface area contributed by atoms with Crippen LogP contribution in [0.3, 0.4) is 0 Å². The molecule has 0 aromatic rings. The molecule has 0 radical (unpaired) electrons. The van der Waals surface area contributed by atoms with Crippen LogP contribution in [-0.2, 0) is 9.59 Å². The topological polar surface area (TPSA) is 43.9 Å². The molecule has 3 fully saturated rings. The van der Waals surface area contributed by atoms with Crippen LogP contribution in [0.25, 0.3) is 0 Å². The molecule has 0 aromatic carbocycles. The fraction of sp³-hybridized carbons (Fsp3) is 0.917. The number of nitrogens with zero attached hydrogens (tertiary/aromatic N) is 3. The van der Waals surface area contributed by atoms with E-state index in [9.17, 15) is 9.59 Å². The zero-order chi connectivity index (χ0) is 21.6. The number of carbonyl (C=O) groups is 2. The van der Waals surface area contributed by atoms with Crippen LogP contribution in [0.1, 0.15) is 84.5 Å². The first-order valence-corrected chi connectivity index (χ1v) is 12.1. The van der Waals surface area contributed by atoms with Gasteiger partial charge in [-0.25, -0.2) is 0 Å². The fourth-order valence-electron chi connectivity index (χ4n) is 4.48. The predicted octanol–water partition coefficient (Wildman–Crippen LogP) is 4.00. The highest BCUT2D eigenvalue weighted by Gasteiger charge is 2.25. The Hall–Kier alpha value is -0.780. The van der Waals surface area contributed by atoms with Crippen LogP contribution in [0, 0.1) is 0 Å². The van der Waals surface area contributed by atoms with Crippen molar-refractivity contribution in [2.75, 3.05) is 47.3 Å². The quantitative estimate of drug-likeness (QED) is 0.687. The van der Waals surface area contributed by atoms with Gasteiger partial charge in [0.05, 0.1) is 0 Å². The second-order valence-electron chi connectivity index (χ2n) is 8.92. The normalized spacial score (nSPS) is 22.2. The third-order valence-electron chi connectivity index (χ3n) is 6.46. The molecule has 170 valence electrons. The monoisotopic (exact) mass is 409 g/mol. The standard InChI is InChI=1S/C11H22N2O.C11H19NO.C2H6/c1-12(2)8-9-13(3)10-4-6-11(14)7-5-10;13-11-6-4-10(5-7-11)12-8-2-1-3-9-12;1-2/h10H,4-9H2,1-3H3;10H,1-9H2;1-2H3. The van der Waals surface area contributed by atoms with Crippen LogP contribution in [0.4, 0.5) is 0 Å². The zero-order valence-corrected chi connectivity index (χ0v) is 19.9. The number of likely N-dealkylation sites (N-methyl/N-ethyl adjacent to an activating group) is 2. The number of Topliss-reactive ketones (excluding diaryl/α,β-unsaturated/α-hetero) is 2. The summed E-state index contributed by atoms with van der Waals surface area (Å²) in [5.41, 5.74) is 0. The van der Waals surface area contributed by atoms with Crippen molar-refractivity contribution in [2.45, 2.75) is 96.6 Å². The first-order valence-electron chi connectivity index (χ1n) is 12.1. The largest absolute Gasteiger partial charge is 0.308 e. The molecular formula is C24H47N3O2. The lowest BCUT2D eigenvalue weighted by molar-refractivity contribution is -0.122. The second kappa shape index (κ2) is 15.1. The molecule has 3 rings (SSSR count). The summed E-state index contributed by atoms with van der Waals surface area (Å²) in [4.78, 5) is 29.3. The molecular weight excluding hydrogens is 362 g/mol. The fourth-order valence-corrected chi connectivity index (χ4v) is 4.48. The van der Waals surface area contributed by atoms with Gasteiger partial charge >= 0.3 is 0 Å². The molecule has 1 saturated heterocycles. The Labute approximate surface area is 180 Å². The average Bonchev–Trinajstić information content (AvgIpc) is 2.75. The number of ketones is 2. The number of hydrogen-bond acceptors (Lipinski definition) is 5. The molecule has 1 aliphatic heterocycles. The molecule has 0 bridgehead atoms. The van der Waals surface area contributed by atoms with E-state index in [1.165, 1.54) is 32.4 Å². The molecule has 0 unspecified atom stereocenters. The van der Waals surface area contributed by atoms with Gasteiger partial charge in [-0.05, 0) is 72.8 Å². The van der Waals surface area contributed by atoms with Gasteiger partial charge in [-0.15, -0.1) is 0 Å². The number of likely N-dealkylation sites (tertiary alicyclic amines) is 1. The summed E-state index contributed by atoms with van der Waals surface area (Å²) in [6, 6.07) is 1.37. The Morgan fingerprint density at radius 2 is 1.24 bits per heavy atom. The highest BCUT2D eigenvalue weighted by molar-refractivity contribution is 5.79. The summed E-state index contributed by atoms with van der Waals surface area (Å²) < 4.78 is 0. The molecule has 0 aromatic heterocycles. The molecule has 2 saturated carbocycles. The highest BCUT2D eigenvalue weighted by Crippen LogP contribution is 2.23. The average molecular weight is 410 g/mol. The van der Waals surface area contributed by atoms with Crippen molar-refractivity contribution in [1.29, 1.82) is 0 Å². The van der Waals surface area contributed by atoms with Gasteiger partial charge in [0.25, 0.3) is 0 Å².